The molecule has 0 aromatic heterocycles. The number of anilines is 1. The summed E-state index contributed by atoms with van der Waals surface area (Å²) in [5, 5.41) is 3.42. The van der Waals surface area contributed by atoms with Crippen LogP contribution in [0.5, 0.6) is 5.75 Å². The number of ether oxygens (including phenoxy) is 1. The fourth-order valence-corrected chi connectivity index (χ4v) is 1.79. The highest BCUT2D eigenvalue weighted by atomic mass is 35.5. The Bertz CT molecular complexity index is 608. The quantitative estimate of drug-likeness (QED) is 0.839. The van der Waals surface area contributed by atoms with E-state index in [1.807, 2.05) is 6.07 Å². The van der Waals surface area contributed by atoms with E-state index in [0.717, 1.165) is 0 Å². The molecule has 0 saturated carbocycles. The van der Waals surface area contributed by atoms with Crippen molar-refractivity contribution in [2.75, 3.05) is 11.9 Å². The molecular formula is C16H14ClNO2. The third-order valence-corrected chi connectivity index (χ3v) is 2.84. The fourth-order valence-electron chi connectivity index (χ4n) is 1.66. The first-order valence-electron chi connectivity index (χ1n) is 6.10. The van der Waals surface area contributed by atoms with E-state index in [9.17, 15) is 4.79 Å². The maximum Gasteiger partial charge on any atom is 0.259 e. The number of halogens is 1. The van der Waals surface area contributed by atoms with Crippen molar-refractivity contribution >= 4 is 23.2 Å². The van der Waals surface area contributed by atoms with Crippen LogP contribution >= 0.6 is 11.6 Å². The normalized spacial score (nSPS) is 9.85. The maximum atomic E-state index is 12.2. The van der Waals surface area contributed by atoms with E-state index in [0.29, 0.717) is 28.6 Å². The van der Waals surface area contributed by atoms with Gasteiger partial charge in [0.25, 0.3) is 5.91 Å². The second-order valence-electron chi connectivity index (χ2n) is 4.06. The van der Waals surface area contributed by atoms with Gasteiger partial charge in [-0.15, -0.1) is 0 Å². The lowest BCUT2D eigenvalue weighted by Gasteiger charge is -2.10. The molecule has 0 atom stereocenters. The molecule has 0 spiro atoms. The van der Waals surface area contributed by atoms with Crippen LogP contribution in [0.15, 0.2) is 61.2 Å². The van der Waals surface area contributed by atoms with Crippen molar-refractivity contribution in [1.29, 1.82) is 0 Å². The monoisotopic (exact) mass is 287 g/mol. The van der Waals surface area contributed by atoms with Crippen molar-refractivity contribution in [3.63, 3.8) is 0 Å². The van der Waals surface area contributed by atoms with Gasteiger partial charge in [0.1, 0.15) is 12.4 Å². The molecule has 0 saturated heterocycles. The van der Waals surface area contributed by atoms with Crippen molar-refractivity contribution in [3.05, 3.63) is 71.8 Å². The molecule has 2 aromatic rings. The third kappa shape index (κ3) is 3.62. The molecule has 0 bridgehead atoms. The van der Waals surface area contributed by atoms with E-state index in [1.165, 1.54) is 0 Å². The Morgan fingerprint density at radius 1 is 1.20 bits per heavy atom. The lowest BCUT2D eigenvalue weighted by atomic mass is 10.2. The number of benzene rings is 2. The molecule has 0 fully saturated rings. The molecule has 2 aromatic carbocycles. The molecule has 20 heavy (non-hydrogen) atoms. The first-order chi connectivity index (χ1) is 9.70. The van der Waals surface area contributed by atoms with Crippen LogP contribution in [0.2, 0.25) is 5.02 Å². The van der Waals surface area contributed by atoms with Gasteiger partial charge in [-0.05, 0) is 36.4 Å². The molecule has 1 N–H and O–H groups in total. The van der Waals surface area contributed by atoms with Gasteiger partial charge < -0.3 is 10.1 Å². The Hall–Kier alpha value is -2.26. The van der Waals surface area contributed by atoms with Gasteiger partial charge >= 0.3 is 0 Å². The predicted octanol–water partition coefficient (Wildman–Crippen LogP) is 4.16. The van der Waals surface area contributed by atoms with E-state index in [2.05, 4.69) is 11.9 Å². The SMILES string of the molecule is C=CCOc1ccccc1C(=O)Nc1ccc(Cl)cc1. The Morgan fingerprint density at radius 3 is 2.60 bits per heavy atom. The Labute approximate surface area is 122 Å². The van der Waals surface area contributed by atoms with Crippen LogP contribution in [-0.2, 0) is 0 Å². The average Bonchev–Trinajstić information content (AvgIpc) is 2.47. The second-order valence-corrected chi connectivity index (χ2v) is 4.49. The summed E-state index contributed by atoms with van der Waals surface area (Å²) in [6.45, 7) is 3.94. The molecule has 102 valence electrons. The summed E-state index contributed by atoms with van der Waals surface area (Å²) >= 11 is 5.81. The van der Waals surface area contributed by atoms with E-state index < -0.39 is 0 Å². The lowest BCUT2D eigenvalue weighted by Crippen LogP contribution is -2.13. The highest BCUT2D eigenvalue weighted by molar-refractivity contribution is 6.30. The van der Waals surface area contributed by atoms with Gasteiger partial charge in [0.15, 0.2) is 0 Å². The number of nitrogens with one attached hydrogen (secondary N) is 1. The molecule has 2 rings (SSSR count). The zero-order chi connectivity index (χ0) is 14.4. The van der Waals surface area contributed by atoms with Gasteiger partial charge in [-0.25, -0.2) is 0 Å². The number of carbonyl (C=O) groups is 1. The largest absolute Gasteiger partial charge is 0.489 e. The highest BCUT2D eigenvalue weighted by Gasteiger charge is 2.11. The zero-order valence-electron chi connectivity index (χ0n) is 10.8. The minimum atomic E-state index is -0.230. The summed E-state index contributed by atoms with van der Waals surface area (Å²) < 4.78 is 5.46. The van der Waals surface area contributed by atoms with Crippen LogP contribution in [0.25, 0.3) is 0 Å². The lowest BCUT2D eigenvalue weighted by molar-refractivity contribution is 0.102. The fraction of sp³-hybridized carbons (Fsp3) is 0.0625. The molecule has 0 aliphatic carbocycles. The van der Waals surface area contributed by atoms with Crippen LogP contribution in [0.1, 0.15) is 10.4 Å². The molecule has 0 aliphatic heterocycles. The Balaban J connectivity index is 2.16. The molecule has 0 unspecified atom stereocenters. The van der Waals surface area contributed by atoms with Crippen LogP contribution in [0, 0.1) is 0 Å². The minimum Gasteiger partial charge on any atom is -0.489 e. The Morgan fingerprint density at radius 2 is 1.90 bits per heavy atom. The van der Waals surface area contributed by atoms with Gasteiger partial charge in [-0.3, -0.25) is 4.79 Å². The van der Waals surface area contributed by atoms with Crippen LogP contribution < -0.4 is 10.1 Å². The standard InChI is InChI=1S/C16H14ClNO2/c1-2-11-20-15-6-4-3-5-14(15)16(19)18-13-9-7-12(17)8-10-13/h2-10H,1,11H2,(H,18,19). The van der Waals surface area contributed by atoms with Gasteiger partial charge in [-0.1, -0.05) is 36.4 Å². The first-order valence-corrected chi connectivity index (χ1v) is 6.48. The summed E-state index contributed by atoms with van der Waals surface area (Å²) in [6, 6.07) is 14.0. The molecule has 1 amide bonds. The highest BCUT2D eigenvalue weighted by Crippen LogP contribution is 2.20. The summed E-state index contributed by atoms with van der Waals surface area (Å²) in [5.41, 5.74) is 1.15. The summed E-state index contributed by atoms with van der Waals surface area (Å²) in [5.74, 6) is 0.297. The van der Waals surface area contributed by atoms with Crippen LogP contribution in [0.3, 0.4) is 0 Å². The van der Waals surface area contributed by atoms with Crippen LogP contribution in [-0.4, -0.2) is 12.5 Å². The van der Waals surface area contributed by atoms with E-state index in [4.69, 9.17) is 16.3 Å². The molecule has 3 nitrogen and oxygen atoms in total. The topological polar surface area (TPSA) is 38.3 Å². The van der Waals surface area contributed by atoms with E-state index >= 15 is 0 Å². The Kier molecular flexibility index (Phi) is 4.80. The van der Waals surface area contributed by atoms with E-state index in [-0.39, 0.29) is 5.91 Å². The van der Waals surface area contributed by atoms with Gasteiger partial charge in [0.2, 0.25) is 0 Å². The summed E-state index contributed by atoms with van der Waals surface area (Å²) in [4.78, 5) is 12.2. The van der Waals surface area contributed by atoms with Crippen molar-refractivity contribution in [3.8, 4) is 5.75 Å². The van der Waals surface area contributed by atoms with Crippen molar-refractivity contribution in [2.45, 2.75) is 0 Å². The smallest absolute Gasteiger partial charge is 0.259 e. The van der Waals surface area contributed by atoms with Crippen molar-refractivity contribution in [2.24, 2.45) is 0 Å². The molecular weight excluding hydrogens is 274 g/mol. The summed E-state index contributed by atoms with van der Waals surface area (Å²) in [6.07, 6.45) is 1.63. The first kappa shape index (κ1) is 14.2. The number of rotatable bonds is 5. The number of hydrogen-bond acceptors (Lipinski definition) is 2. The van der Waals surface area contributed by atoms with Crippen molar-refractivity contribution in [1.82, 2.24) is 0 Å². The summed E-state index contributed by atoms with van der Waals surface area (Å²) in [7, 11) is 0. The van der Waals surface area contributed by atoms with Crippen molar-refractivity contribution < 1.29 is 9.53 Å². The average molecular weight is 288 g/mol. The molecule has 4 heteroatoms. The van der Waals surface area contributed by atoms with Gasteiger partial charge in [-0.2, -0.15) is 0 Å². The molecule has 0 heterocycles. The number of para-hydroxylation sites is 1. The number of carbonyl (C=O) groups excluding carboxylic acids is 1. The zero-order valence-corrected chi connectivity index (χ0v) is 11.6. The van der Waals surface area contributed by atoms with Gasteiger partial charge in [0.05, 0.1) is 5.56 Å². The second kappa shape index (κ2) is 6.78. The predicted molar refractivity (Wildman–Crippen MR) is 81.5 cm³/mol. The molecule has 0 radical (unpaired) electrons. The van der Waals surface area contributed by atoms with Gasteiger partial charge in [0, 0.05) is 10.7 Å². The minimum absolute atomic E-state index is 0.230. The number of hydrogen-bond donors (Lipinski definition) is 1. The van der Waals surface area contributed by atoms with E-state index in [1.54, 1.807) is 48.5 Å². The van der Waals surface area contributed by atoms with Crippen LogP contribution in [0.4, 0.5) is 5.69 Å². The number of amides is 1. The third-order valence-electron chi connectivity index (χ3n) is 2.59. The maximum absolute atomic E-state index is 12.2. The molecule has 0 aliphatic rings.